The lowest BCUT2D eigenvalue weighted by Crippen LogP contribution is -2.37. The van der Waals surface area contributed by atoms with E-state index in [4.69, 9.17) is 16.3 Å². The molecule has 0 radical (unpaired) electrons. The van der Waals surface area contributed by atoms with Gasteiger partial charge in [0.25, 0.3) is 5.91 Å². The third kappa shape index (κ3) is 8.56. The molecule has 186 valence electrons. The van der Waals surface area contributed by atoms with E-state index in [1.807, 2.05) is 24.3 Å². The molecule has 3 amide bonds. The molecule has 0 saturated heterocycles. The molecule has 0 aromatic heterocycles. The Morgan fingerprint density at radius 3 is 2.22 bits per heavy atom. The van der Waals surface area contributed by atoms with Gasteiger partial charge in [0.15, 0.2) is 6.61 Å². The second kappa shape index (κ2) is 13.1. The first kappa shape index (κ1) is 26.4. The summed E-state index contributed by atoms with van der Waals surface area (Å²) < 4.78 is 5.47. The van der Waals surface area contributed by atoms with Gasteiger partial charge in [-0.3, -0.25) is 14.4 Å². The lowest BCUT2D eigenvalue weighted by molar-refractivity contribution is -0.139. The minimum Gasteiger partial charge on any atom is -0.484 e. The van der Waals surface area contributed by atoms with Crippen LogP contribution in [0.1, 0.15) is 36.5 Å². The van der Waals surface area contributed by atoms with Crippen LogP contribution in [0.3, 0.4) is 0 Å². The average molecular weight is 507 g/mol. The largest absolute Gasteiger partial charge is 0.484 e. The molecular weight excluding hydrogens is 480 g/mol. The summed E-state index contributed by atoms with van der Waals surface area (Å²) in [5, 5.41) is 9.66. The highest BCUT2D eigenvalue weighted by molar-refractivity contribution is 6.35. The maximum Gasteiger partial charge on any atom is 0.329 e. The number of amides is 3. The summed E-state index contributed by atoms with van der Waals surface area (Å²) in [6.45, 7) is 4.29. The maximum atomic E-state index is 12.0. The zero-order chi connectivity index (χ0) is 25.9. The third-order valence-corrected chi connectivity index (χ3v) is 5.32. The molecule has 0 unspecified atom stereocenters. The average Bonchev–Trinajstić information content (AvgIpc) is 2.88. The SMILES string of the molecule is CC(C)c1ccc(CNC(=O)C(=O)N/N=C\c2ccc(OCC(=O)Nc3ccc(Cl)cc3)cc2)cc1. The first-order valence-electron chi connectivity index (χ1n) is 11.3. The molecular formula is C27H27ClN4O4. The van der Waals surface area contributed by atoms with E-state index in [9.17, 15) is 14.4 Å². The van der Waals surface area contributed by atoms with Crippen molar-refractivity contribution in [3.63, 3.8) is 0 Å². The number of rotatable bonds is 9. The van der Waals surface area contributed by atoms with Crippen molar-refractivity contribution < 1.29 is 19.1 Å². The fourth-order valence-electron chi connectivity index (χ4n) is 3.03. The van der Waals surface area contributed by atoms with Gasteiger partial charge in [0.1, 0.15) is 5.75 Å². The van der Waals surface area contributed by atoms with E-state index in [0.717, 1.165) is 5.56 Å². The molecule has 0 aliphatic heterocycles. The van der Waals surface area contributed by atoms with Gasteiger partial charge >= 0.3 is 11.8 Å². The Balaban J connectivity index is 1.38. The number of halogens is 1. The first-order valence-corrected chi connectivity index (χ1v) is 11.7. The summed E-state index contributed by atoms with van der Waals surface area (Å²) in [5.74, 6) is -1.04. The van der Waals surface area contributed by atoms with Gasteiger partial charge in [-0.05, 0) is 71.1 Å². The second-order valence-corrected chi connectivity index (χ2v) is 8.63. The van der Waals surface area contributed by atoms with E-state index < -0.39 is 11.8 Å². The van der Waals surface area contributed by atoms with Crippen molar-refractivity contribution in [2.75, 3.05) is 11.9 Å². The Hall–Kier alpha value is -4.17. The molecule has 3 aromatic rings. The molecule has 0 heterocycles. The summed E-state index contributed by atoms with van der Waals surface area (Å²) in [7, 11) is 0. The van der Waals surface area contributed by atoms with Gasteiger partial charge in [-0.1, -0.05) is 49.7 Å². The minimum atomic E-state index is -0.864. The van der Waals surface area contributed by atoms with Crippen LogP contribution >= 0.6 is 11.6 Å². The first-order chi connectivity index (χ1) is 17.3. The smallest absolute Gasteiger partial charge is 0.329 e. The van der Waals surface area contributed by atoms with Gasteiger partial charge < -0.3 is 15.4 Å². The second-order valence-electron chi connectivity index (χ2n) is 8.19. The van der Waals surface area contributed by atoms with Crippen LogP contribution in [0.5, 0.6) is 5.75 Å². The van der Waals surface area contributed by atoms with Crippen LogP contribution in [0.4, 0.5) is 5.69 Å². The fraction of sp³-hybridized carbons (Fsp3) is 0.185. The predicted molar refractivity (Wildman–Crippen MR) is 140 cm³/mol. The van der Waals surface area contributed by atoms with Crippen LogP contribution in [-0.4, -0.2) is 30.5 Å². The molecule has 0 spiro atoms. The lowest BCUT2D eigenvalue weighted by atomic mass is 10.0. The van der Waals surface area contributed by atoms with Gasteiger partial charge in [0.2, 0.25) is 0 Å². The number of carbonyl (C=O) groups excluding carboxylic acids is 3. The summed E-state index contributed by atoms with van der Waals surface area (Å²) in [6.07, 6.45) is 1.40. The maximum absolute atomic E-state index is 12.0. The molecule has 8 nitrogen and oxygen atoms in total. The van der Waals surface area contributed by atoms with E-state index in [-0.39, 0.29) is 19.1 Å². The number of nitrogens with one attached hydrogen (secondary N) is 3. The summed E-state index contributed by atoms with van der Waals surface area (Å²) in [6, 6.07) is 21.3. The van der Waals surface area contributed by atoms with Crippen molar-refractivity contribution in [2.45, 2.75) is 26.3 Å². The van der Waals surface area contributed by atoms with Gasteiger partial charge in [0.05, 0.1) is 6.21 Å². The van der Waals surface area contributed by atoms with Crippen LogP contribution < -0.4 is 20.8 Å². The Morgan fingerprint density at radius 1 is 0.917 bits per heavy atom. The van der Waals surface area contributed by atoms with Crippen LogP contribution in [0, 0.1) is 0 Å². The van der Waals surface area contributed by atoms with Crippen molar-refractivity contribution >= 4 is 41.2 Å². The zero-order valence-corrected chi connectivity index (χ0v) is 20.7. The van der Waals surface area contributed by atoms with Crippen molar-refractivity contribution in [1.82, 2.24) is 10.7 Å². The van der Waals surface area contributed by atoms with Crippen molar-refractivity contribution in [3.05, 3.63) is 94.5 Å². The molecule has 0 fully saturated rings. The molecule has 0 aliphatic rings. The zero-order valence-electron chi connectivity index (χ0n) is 20.0. The van der Waals surface area contributed by atoms with Crippen LogP contribution in [0.25, 0.3) is 0 Å². The van der Waals surface area contributed by atoms with Crippen LogP contribution in [-0.2, 0) is 20.9 Å². The normalized spacial score (nSPS) is 10.8. The number of anilines is 1. The summed E-state index contributed by atoms with van der Waals surface area (Å²) in [5.41, 5.74) is 5.59. The number of hydrogen-bond acceptors (Lipinski definition) is 5. The number of hydrazone groups is 1. The molecule has 0 bridgehead atoms. The van der Waals surface area contributed by atoms with Crippen molar-refractivity contribution in [2.24, 2.45) is 5.10 Å². The highest BCUT2D eigenvalue weighted by Gasteiger charge is 2.12. The van der Waals surface area contributed by atoms with Crippen molar-refractivity contribution in [1.29, 1.82) is 0 Å². The Bertz CT molecular complexity index is 1210. The highest BCUT2D eigenvalue weighted by Crippen LogP contribution is 2.15. The number of benzene rings is 3. The fourth-order valence-corrected chi connectivity index (χ4v) is 3.15. The van der Waals surface area contributed by atoms with Gasteiger partial charge in [-0.2, -0.15) is 5.10 Å². The number of carbonyl (C=O) groups is 3. The van der Waals surface area contributed by atoms with Crippen molar-refractivity contribution in [3.8, 4) is 5.75 Å². The predicted octanol–water partition coefficient (Wildman–Crippen LogP) is 4.25. The van der Waals surface area contributed by atoms with Gasteiger partial charge in [0, 0.05) is 17.3 Å². The molecule has 3 N–H and O–H groups in total. The quantitative estimate of drug-likeness (QED) is 0.229. The third-order valence-electron chi connectivity index (χ3n) is 5.06. The molecule has 3 aromatic carbocycles. The van der Waals surface area contributed by atoms with E-state index in [1.54, 1.807) is 48.5 Å². The van der Waals surface area contributed by atoms with Gasteiger partial charge in [-0.25, -0.2) is 5.43 Å². The molecule has 36 heavy (non-hydrogen) atoms. The number of hydrogen-bond donors (Lipinski definition) is 3. The summed E-state index contributed by atoms with van der Waals surface area (Å²) in [4.78, 5) is 35.9. The Labute approximate surface area is 214 Å². The minimum absolute atomic E-state index is 0.164. The molecule has 0 atom stereocenters. The standard InChI is InChI=1S/C27H27ClN4O4/c1-18(2)21-7-3-19(4-8-21)15-29-26(34)27(35)32-30-16-20-5-13-24(14-6-20)36-17-25(33)31-23-11-9-22(28)10-12-23/h3-14,16,18H,15,17H2,1-2H3,(H,29,34)(H,31,33)(H,32,35)/b30-16-. The van der Waals surface area contributed by atoms with E-state index in [1.165, 1.54) is 11.8 Å². The number of ether oxygens (including phenoxy) is 1. The molecule has 0 aliphatic carbocycles. The van der Waals surface area contributed by atoms with E-state index >= 15 is 0 Å². The van der Waals surface area contributed by atoms with Gasteiger partial charge in [-0.15, -0.1) is 0 Å². The molecule has 9 heteroatoms. The van der Waals surface area contributed by atoms with Crippen LogP contribution in [0.2, 0.25) is 5.02 Å². The Morgan fingerprint density at radius 2 is 1.58 bits per heavy atom. The topological polar surface area (TPSA) is 109 Å². The highest BCUT2D eigenvalue weighted by atomic mass is 35.5. The molecule has 0 saturated carbocycles. The monoisotopic (exact) mass is 506 g/mol. The molecule has 3 rings (SSSR count). The summed E-state index contributed by atoms with van der Waals surface area (Å²) >= 11 is 5.82. The lowest BCUT2D eigenvalue weighted by Gasteiger charge is -2.08. The van der Waals surface area contributed by atoms with E-state index in [0.29, 0.717) is 27.9 Å². The van der Waals surface area contributed by atoms with E-state index in [2.05, 4.69) is 35.0 Å². The Kier molecular flexibility index (Phi) is 9.59. The number of nitrogens with zero attached hydrogens (tertiary/aromatic N) is 1. The van der Waals surface area contributed by atoms with Crippen LogP contribution in [0.15, 0.2) is 77.9 Å².